The molecular formula is C10H12BrNO3. The Morgan fingerprint density at radius 2 is 2.20 bits per heavy atom. The minimum atomic E-state index is -1.08. The van der Waals surface area contributed by atoms with Crippen LogP contribution in [0.5, 0.6) is 5.75 Å². The average molecular weight is 274 g/mol. The lowest BCUT2D eigenvalue weighted by Crippen LogP contribution is -2.32. The van der Waals surface area contributed by atoms with Crippen LogP contribution >= 0.6 is 15.9 Å². The third kappa shape index (κ3) is 2.94. The Labute approximate surface area is 95.8 Å². The summed E-state index contributed by atoms with van der Waals surface area (Å²) in [5, 5.41) is 18.2. The summed E-state index contributed by atoms with van der Waals surface area (Å²) in [4.78, 5) is 10.5. The Hall–Kier alpha value is -1.07. The Morgan fingerprint density at radius 1 is 1.60 bits per heavy atom. The van der Waals surface area contributed by atoms with E-state index in [4.69, 9.17) is 10.8 Å². The molecule has 0 fully saturated rings. The average Bonchev–Trinajstić information content (AvgIpc) is 2.13. The molecule has 0 aliphatic rings. The summed E-state index contributed by atoms with van der Waals surface area (Å²) in [5.74, 6) is -1.00. The molecule has 15 heavy (non-hydrogen) atoms. The minimum absolute atomic E-state index is 0.0763. The third-order valence-electron chi connectivity index (χ3n) is 2.12. The number of rotatable bonds is 3. The number of aromatic hydroxyl groups is 1. The number of hydrogen-bond donors (Lipinski definition) is 3. The van der Waals surface area contributed by atoms with Crippen LogP contribution in [0.3, 0.4) is 0 Å². The number of nitrogens with two attached hydrogens (primary N) is 1. The van der Waals surface area contributed by atoms with Crippen molar-refractivity contribution in [2.24, 2.45) is 5.73 Å². The van der Waals surface area contributed by atoms with Gasteiger partial charge in [-0.3, -0.25) is 4.79 Å². The number of phenolic OH excluding ortho intramolecular Hbond substituents is 1. The first-order valence-corrected chi connectivity index (χ1v) is 5.17. The zero-order valence-corrected chi connectivity index (χ0v) is 9.78. The van der Waals surface area contributed by atoms with E-state index in [0.29, 0.717) is 5.56 Å². The summed E-state index contributed by atoms with van der Waals surface area (Å²) in [6, 6.07) is 2.27. The van der Waals surface area contributed by atoms with Crippen LogP contribution in [0.1, 0.15) is 11.1 Å². The van der Waals surface area contributed by atoms with Crippen LogP contribution in [0.25, 0.3) is 0 Å². The van der Waals surface area contributed by atoms with Crippen LogP contribution in [-0.2, 0) is 11.2 Å². The molecule has 0 aliphatic carbocycles. The maximum atomic E-state index is 10.5. The first-order chi connectivity index (χ1) is 6.91. The van der Waals surface area contributed by atoms with Gasteiger partial charge in [0.25, 0.3) is 0 Å². The molecule has 1 unspecified atom stereocenters. The van der Waals surface area contributed by atoms with E-state index in [1.807, 2.05) is 6.92 Å². The summed E-state index contributed by atoms with van der Waals surface area (Å²) in [6.07, 6.45) is 0.111. The molecule has 0 aliphatic heterocycles. The number of phenols is 1. The van der Waals surface area contributed by atoms with Crippen LogP contribution in [0.4, 0.5) is 0 Å². The van der Waals surface area contributed by atoms with Crippen LogP contribution < -0.4 is 5.73 Å². The summed E-state index contributed by atoms with van der Waals surface area (Å²) in [5.41, 5.74) is 6.80. The predicted molar refractivity (Wildman–Crippen MR) is 59.9 cm³/mol. The van der Waals surface area contributed by atoms with Crippen molar-refractivity contribution >= 4 is 21.9 Å². The molecule has 1 aromatic carbocycles. The van der Waals surface area contributed by atoms with Gasteiger partial charge < -0.3 is 15.9 Å². The number of aliphatic carboxylic acids is 1. The zero-order chi connectivity index (χ0) is 11.6. The van der Waals surface area contributed by atoms with E-state index >= 15 is 0 Å². The molecule has 0 radical (unpaired) electrons. The Bertz CT molecular complexity index is 392. The molecule has 1 rings (SSSR count). The first kappa shape index (κ1) is 12.0. The topological polar surface area (TPSA) is 83.5 Å². The SMILES string of the molecule is Cc1cc(O)c(CC(N)C(=O)O)cc1Br. The number of hydrogen-bond acceptors (Lipinski definition) is 3. The summed E-state index contributed by atoms with van der Waals surface area (Å²) in [7, 11) is 0. The number of halogens is 1. The number of carboxylic acids is 1. The van der Waals surface area contributed by atoms with Crippen molar-refractivity contribution in [3.63, 3.8) is 0 Å². The van der Waals surface area contributed by atoms with Crippen molar-refractivity contribution < 1.29 is 15.0 Å². The van der Waals surface area contributed by atoms with Crippen molar-refractivity contribution in [3.05, 3.63) is 27.7 Å². The molecule has 0 saturated carbocycles. The van der Waals surface area contributed by atoms with E-state index in [0.717, 1.165) is 10.0 Å². The number of carbonyl (C=O) groups is 1. The maximum Gasteiger partial charge on any atom is 0.320 e. The molecule has 0 saturated heterocycles. The molecule has 5 heteroatoms. The molecular weight excluding hydrogens is 262 g/mol. The van der Waals surface area contributed by atoms with Gasteiger partial charge in [-0.25, -0.2) is 0 Å². The van der Waals surface area contributed by atoms with E-state index in [1.54, 1.807) is 12.1 Å². The second-order valence-electron chi connectivity index (χ2n) is 3.38. The van der Waals surface area contributed by atoms with Crippen LogP contribution in [0.2, 0.25) is 0 Å². The fourth-order valence-electron chi connectivity index (χ4n) is 1.20. The molecule has 82 valence electrons. The van der Waals surface area contributed by atoms with Gasteiger partial charge in [0.15, 0.2) is 0 Å². The highest BCUT2D eigenvalue weighted by Gasteiger charge is 2.15. The van der Waals surface area contributed by atoms with Gasteiger partial charge in [-0.05, 0) is 30.2 Å². The second-order valence-corrected chi connectivity index (χ2v) is 4.23. The minimum Gasteiger partial charge on any atom is -0.508 e. The van der Waals surface area contributed by atoms with Gasteiger partial charge >= 0.3 is 5.97 Å². The Morgan fingerprint density at radius 3 is 2.73 bits per heavy atom. The van der Waals surface area contributed by atoms with E-state index < -0.39 is 12.0 Å². The molecule has 1 atom stereocenters. The second kappa shape index (κ2) is 4.63. The maximum absolute atomic E-state index is 10.5. The largest absolute Gasteiger partial charge is 0.508 e. The van der Waals surface area contributed by atoms with Crippen molar-refractivity contribution in [2.75, 3.05) is 0 Å². The van der Waals surface area contributed by atoms with Gasteiger partial charge in [-0.15, -0.1) is 0 Å². The highest BCUT2D eigenvalue weighted by atomic mass is 79.9. The van der Waals surface area contributed by atoms with Crippen molar-refractivity contribution in [1.82, 2.24) is 0 Å². The standard InChI is InChI=1S/C10H12BrNO3/c1-5-2-9(13)6(3-7(5)11)4-8(12)10(14)15/h2-3,8,13H,4,12H2,1H3,(H,14,15). The molecule has 0 aromatic heterocycles. The highest BCUT2D eigenvalue weighted by molar-refractivity contribution is 9.10. The fraction of sp³-hybridized carbons (Fsp3) is 0.300. The van der Waals surface area contributed by atoms with Gasteiger partial charge in [0.05, 0.1) is 0 Å². The molecule has 4 nitrogen and oxygen atoms in total. The predicted octanol–water partition coefficient (Wildman–Crippen LogP) is 1.42. The molecule has 0 heterocycles. The van der Waals surface area contributed by atoms with Gasteiger partial charge in [-0.1, -0.05) is 15.9 Å². The van der Waals surface area contributed by atoms with E-state index in [-0.39, 0.29) is 12.2 Å². The number of benzene rings is 1. The molecule has 1 aromatic rings. The van der Waals surface area contributed by atoms with E-state index in [9.17, 15) is 9.90 Å². The van der Waals surface area contributed by atoms with E-state index in [2.05, 4.69) is 15.9 Å². The van der Waals surface area contributed by atoms with Gasteiger partial charge in [-0.2, -0.15) is 0 Å². The number of aryl methyl sites for hydroxylation is 1. The van der Waals surface area contributed by atoms with Crippen molar-refractivity contribution in [3.8, 4) is 5.75 Å². The van der Waals surface area contributed by atoms with Gasteiger partial charge in [0.2, 0.25) is 0 Å². The lowest BCUT2D eigenvalue weighted by atomic mass is 10.0. The van der Waals surface area contributed by atoms with Crippen LogP contribution in [0, 0.1) is 6.92 Å². The first-order valence-electron chi connectivity index (χ1n) is 4.38. The van der Waals surface area contributed by atoms with E-state index in [1.165, 1.54) is 0 Å². The monoisotopic (exact) mass is 273 g/mol. The van der Waals surface area contributed by atoms with Gasteiger partial charge in [0, 0.05) is 10.9 Å². The summed E-state index contributed by atoms with van der Waals surface area (Å²) in [6.45, 7) is 1.84. The summed E-state index contributed by atoms with van der Waals surface area (Å²) >= 11 is 3.31. The summed E-state index contributed by atoms with van der Waals surface area (Å²) < 4.78 is 0.827. The zero-order valence-electron chi connectivity index (χ0n) is 8.20. The smallest absolute Gasteiger partial charge is 0.320 e. The number of carboxylic acid groups (broad SMARTS) is 1. The Kier molecular flexibility index (Phi) is 3.71. The molecule has 0 amide bonds. The quantitative estimate of drug-likeness (QED) is 0.778. The highest BCUT2D eigenvalue weighted by Crippen LogP contribution is 2.26. The van der Waals surface area contributed by atoms with Crippen LogP contribution in [-0.4, -0.2) is 22.2 Å². The lowest BCUT2D eigenvalue weighted by molar-refractivity contribution is -0.138. The molecule has 4 N–H and O–H groups in total. The third-order valence-corrected chi connectivity index (χ3v) is 2.97. The van der Waals surface area contributed by atoms with Crippen molar-refractivity contribution in [2.45, 2.75) is 19.4 Å². The normalized spacial score (nSPS) is 12.5. The van der Waals surface area contributed by atoms with Gasteiger partial charge in [0.1, 0.15) is 11.8 Å². The van der Waals surface area contributed by atoms with Crippen molar-refractivity contribution in [1.29, 1.82) is 0 Å². The Balaban J connectivity index is 2.95. The molecule has 0 spiro atoms. The molecule has 0 bridgehead atoms. The van der Waals surface area contributed by atoms with Crippen LogP contribution in [0.15, 0.2) is 16.6 Å². The fourth-order valence-corrected chi connectivity index (χ4v) is 1.59. The lowest BCUT2D eigenvalue weighted by Gasteiger charge is -2.10.